The summed E-state index contributed by atoms with van der Waals surface area (Å²) in [5.41, 5.74) is 3.54. The SMILES string of the molecule is CC[C@@H](NC(=O)c1cccc(OCc2ccccc2Cl)c1)c1ccc(OC)c(C)c1. The van der Waals surface area contributed by atoms with Crippen LogP contribution in [-0.4, -0.2) is 13.0 Å². The van der Waals surface area contributed by atoms with Gasteiger partial charge in [0, 0.05) is 16.1 Å². The van der Waals surface area contributed by atoms with Crippen LogP contribution in [-0.2, 0) is 6.61 Å². The van der Waals surface area contributed by atoms with Crippen LogP contribution in [0.5, 0.6) is 11.5 Å². The van der Waals surface area contributed by atoms with Crippen molar-refractivity contribution in [2.75, 3.05) is 7.11 Å². The van der Waals surface area contributed by atoms with Crippen molar-refractivity contribution in [2.24, 2.45) is 0 Å². The Balaban J connectivity index is 1.69. The van der Waals surface area contributed by atoms with E-state index in [0.29, 0.717) is 22.9 Å². The Morgan fingerprint density at radius 3 is 2.57 bits per heavy atom. The molecular formula is C25H26ClNO3. The molecule has 0 saturated heterocycles. The van der Waals surface area contributed by atoms with Crippen molar-refractivity contribution in [2.45, 2.75) is 32.9 Å². The van der Waals surface area contributed by atoms with Crippen LogP contribution < -0.4 is 14.8 Å². The zero-order chi connectivity index (χ0) is 21.5. The quantitative estimate of drug-likeness (QED) is 0.475. The Labute approximate surface area is 182 Å². The highest BCUT2D eigenvalue weighted by atomic mass is 35.5. The molecule has 0 saturated carbocycles. The standard InChI is InChI=1S/C25H26ClNO3/c1-4-23(18-12-13-24(29-3)17(2)14-18)27-25(28)19-9-7-10-21(15-19)30-16-20-8-5-6-11-22(20)26/h5-15,23H,4,16H2,1-3H3,(H,27,28)/t23-/m1/s1. The molecule has 1 atom stereocenters. The summed E-state index contributed by atoms with van der Waals surface area (Å²) in [7, 11) is 1.65. The number of nitrogens with one attached hydrogen (secondary N) is 1. The number of carbonyl (C=O) groups excluding carboxylic acids is 1. The number of amides is 1. The van der Waals surface area contributed by atoms with Crippen LogP contribution in [0, 0.1) is 6.92 Å². The molecule has 0 heterocycles. The molecule has 0 radical (unpaired) electrons. The number of methoxy groups -OCH3 is 1. The van der Waals surface area contributed by atoms with E-state index < -0.39 is 0 Å². The van der Waals surface area contributed by atoms with Crippen molar-refractivity contribution >= 4 is 17.5 Å². The van der Waals surface area contributed by atoms with Crippen LogP contribution >= 0.6 is 11.6 Å². The summed E-state index contributed by atoms with van der Waals surface area (Å²) in [5.74, 6) is 1.32. The normalized spacial score (nSPS) is 11.6. The van der Waals surface area contributed by atoms with E-state index in [0.717, 1.165) is 28.9 Å². The summed E-state index contributed by atoms with van der Waals surface area (Å²) in [6.45, 7) is 4.39. The topological polar surface area (TPSA) is 47.6 Å². The van der Waals surface area contributed by atoms with Gasteiger partial charge in [0.15, 0.2) is 0 Å². The molecule has 4 nitrogen and oxygen atoms in total. The number of carbonyl (C=O) groups is 1. The summed E-state index contributed by atoms with van der Waals surface area (Å²) >= 11 is 6.18. The maximum absolute atomic E-state index is 12.9. The molecule has 0 aromatic heterocycles. The molecule has 156 valence electrons. The summed E-state index contributed by atoms with van der Waals surface area (Å²) < 4.78 is 11.2. The number of rotatable bonds is 8. The van der Waals surface area contributed by atoms with E-state index in [1.165, 1.54) is 0 Å². The third-order valence-corrected chi connectivity index (χ3v) is 5.35. The van der Waals surface area contributed by atoms with Crippen molar-refractivity contribution < 1.29 is 14.3 Å². The second kappa shape index (κ2) is 10.2. The van der Waals surface area contributed by atoms with Gasteiger partial charge in [-0.25, -0.2) is 0 Å². The first-order valence-corrected chi connectivity index (χ1v) is 10.3. The minimum atomic E-state index is -0.140. The zero-order valence-corrected chi connectivity index (χ0v) is 18.2. The molecule has 30 heavy (non-hydrogen) atoms. The van der Waals surface area contributed by atoms with Crippen LogP contribution in [0.4, 0.5) is 0 Å². The lowest BCUT2D eigenvalue weighted by Crippen LogP contribution is -2.28. The molecule has 5 heteroatoms. The first-order chi connectivity index (χ1) is 14.5. The van der Waals surface area contributed by atoms with Gasteiger partial charge in [0.2, 0.25) is 0 Å². The van der Waals surface area contributed by atoms with E-state index >= 15 is 0 Å². The maximum atomic E-state index is 12.9. The molecule has 0 aliphatic carbocycles. The molecule has 0 unspecified atom stereocenters. The van der Waals surface area contributed by atoms with Crippen LogP contribution in [0.25, 0.3) is 0 Å². The van der Waals surface area contributed by atoms with Crippen molar-refractivity contribution in [3.8, 4) is 11.5 Å². The average Bonchev–Trinajstić information content (AvgIpc) is 2.77. The van der Waals surface area contributed by atoms with Gasteiger partial charge in [-0.15, -0.1) is 0 Å². The fourth-order valence-electron chi connectivity index (χ4n) is 3.28. The largest absolute Gasteiger partial charge is 0.496 e. The lowest BCUT2D eigenvalue weighted by Gasteiger charge is -2.19. The van der Waals surface area contributed by atoms with E-state index in [-0.39, 0.29) is 11.9 Å². The molecule has 3 aromatic rings. The molecule has 3 rings (SSSR count). The number of halogens is 1. The Morgan fingerprint density at radius 1 is 1.07 bits per heavy atom. The Morgan fingerprint density at radius 2 is 1.87 bits per heavy atom. The van der Waals surface area contributed by atoms with Crippen LogP contribution in [0.1, 0.15) is 46.4 Å². The van der Waals surface area contributed by atoms with E-state index in [4.69, 9.17) is 21.1 Å². The van der Waals surface area contributed by atoms with Gasteiger partial charge in [0.25, 0.3) is 5.91 Å². The number of hydrogen-bond acceptors (Lipinski definition) is 3. The number of aryl methyl sites for hydroxylation is 1. The van der Waals surface area contributed by atoms with Gasteiger partial charge < -0.3 is 14.8 Å². The Bertz CT molecular complexity index is 1020. The number of benzene rings is 3. The fraction of sp³-hybridized carbons (Fsp3) is 0.240. The second-order valence-electron chi connectivity index (χ2n) is 7.07. The van der Waals surface area contributed by atoms with Gasteiger partial charge in [0.1, 0.15) is 18.1 Å². The molecule has 1 N–H and O–H groups in total. The Kier molecular flexibility index (Phi) is 7.36. The van der Waals surface area contributed by atoms with Crippen molar-refractivity contribution in [1.82, 2.24) is 5.32 Å². The minimum Gasteiger partial charge on any atom is -0.496 e. The summed E-state index contributed by atoms with van der Waals surface area (Å²) in [5, 5.41) is 3.78. The van der Waals surface area contributed by atoms with Gasteiger partial charge in [-0.2, -0.15) is 0 Å². The number of ether oxygens (including phenoxy) is 2. The van der Waals surface area contributed by atoms with E-state index in [2.05, 4.69) is 11.4 Å². The van der Waals surface area contributed by atoms with Gasteiger partial charge in [0.05, 0.1) is 13.2 Å². The van der Waals surface area contributed by atoms with Gasteiger partial charge in [-0.1, -0.05) is 54.9 Å². The maximum Gasteiger partial charge on any atom is 0.251 e. The van der Waals surface area contributed by atoms with Gasteiger partial charge >= 0.3 is 0 Å². The van der Waals surface area contributed by atoms with Crippen molar-refractivity contribution in [1.29, 1.82) is 0 Å². The average molecular weight is 424 g/mol. The van der Waals surface area contributed by atoms with E-state index in [1.54, 1.807) is 19.2 Å². The molecule has 0 fully saturated rings. The van der Waals surface area contributed by atoms with Crippen LogP contribution in [0.15, 0.2) is 66.7 Å². The molecule has 0 aliphatic rings. The van der Waals surface area contributed by atoms with E-state index in [1.807, 2.05) is 62.4 Å². The summed E-state index contributed by atoms with van der Waals surface area (Å²) in [6.07, 6.45) is 0.778. The Hall–Kier alpha value is -2.98. The predicted octanol–water partition coefficient (Wildman–Crippen LogP) is 6.12. The molecule has 0 aliphatic heterocycles. The second-order valence-corrected chi connectivity index (χ2v) is 7.48. The monoisotopic (exact) mass is 423 g/mol. The van der Waals surface area contributed by atoms with Gasteiger partial charge in [-0.05, 0) is 54.8 Å². The molecule has 0 bridgehead atoms. The van der Waals surface area contributed by atoms with Crippen LogP contribution in [0.2, 0.25) is 5.02 Å². The highest BCUT2D eigenvalue weighted by Crippen LogP contribution is 2.25. The molecule has 1 amide bonds. The molecular weight excluding hydrogens is 398 g/mol. The highest BCUT2D eigenvalue weighted by molar-refractivity contribution is 6.31. The fourth-order valence-corrected chi connectivity index (χ4v) is 3.47. The van der Waals surface area contributed by atoms with Gasteiger partial charge in [-0.3, -0.25) is 4.79 Å². The third-order valence-electron chi connectivity index (χ3n) is 4.98. The number of hydrogen-bond donors (Lipinski definition) is 1. The predicted molar refractivity (Wildman–Crippen MR) is 120 cm³/mol. The minimum absolute atomic E-state index is 0.0881. The zero-order valence-electron chi connectivity index (χ0n) is 17.4. The van der Waals surface area contributed by atoms with Crippen LogP contribution in [0.3, 0.4) is 0 Å². The smallest absolute Gasteiger partial charge is 0.251 e. The first-order valence-electron chi connectivity index (χ1n) is 9.93. The first kappa shape index (κ1) is 21.7. The summed E-state index contributed by atoms with van der Waals surface area (Å²) in [4.78, 5) is 12.9. The molecule has 3 aromatic carbocycles. The lowest BCUT2D eigenvalue weighted by molar-refractivity contribution is 0.0935. The van der Waals surface area contributed by atoms with Crippen molar-refractivity contribution in [3.05, 3.63) is 94.0 Å². The summed E-state index contributed by atoms with van der Waals surface area (Å²) in [6, 6.07) is 20.6. The third kappa shape index (κ3) is 5.33. The molecule has 0 spiro atoms. The lowest BCUT2D eigenvalue weighted by atomic mass is 10.0. The van der Waals surface area contributed by atoms with Crippen molar-refractivity contribution in [3.63, 3.8) is 0 Å². The highest BCUT2D eigenvalue weighted by Gasteiger charge is 2.16. The van der Waals surface area contributed by atoms with E-state index in [9.17, 15) is 4.79 Å².